The van der Waals surface area contributed by atoms with E-state index < -0.39 is 0 Å². The van der Waals surface area contributed by atoms with E-state index in [2.05, 4.69) is 4.98 Å². The monoisotopic (exact) mass is 247 g/mol. The van der Waals surface area contributed by atoms with Crippen molar-refractivity contribution in [2.24, 2.45) is 0 Å². The van der Waals surface area contributed by atoms with Crippen LogP contribution < -0.4 is 4.74 Å². The Hall–Kier alpha value is -1.97. The second-order valence-corrected chi connectivity index (χ2v) is 4.12. The number of aromatic amines is 1. The summed E-state index contributed by atoms with van der Waals surface area (Å²) < 4.78 is 10.2. The van der Waals surface area contributed by atoms with Crippen LogP contribution in [-0.2, 0) is 16.0 Å². The lowest BCUT2D eigenvalue weighted by molar-refractivity contribution is -0.142. The summed E-state index contributed by atoms with van der Waals surface area (Å²) in [6.45, 7) is 4.17. The van der Waals surface area contributed by atoms with Crippen molar-refractivity contribution in [2.45, 2.75) is 20.3 Å². The first-order chi connectivity index (χ1) is 8.65. The van der Waals surface area contributed by atoms with Gasteiger partial charge in [-0.25, -0.2) is 0 Å². The molecule has 4 heteroatoms. The van der Waals surface area contributed by atoms with Gasteiger partial charge in [0, 0.05) is 16.6 Å². The highest BCUT2D eigenvalue weighted by Gasteiger charge is 2.13. The van der Waals surface area contributed by atoms with Crippen molar-refractivity contribution in [2.75, 3.05) is 13.7 Å². The van der Waals surface area contributed by atoms with Crippen molar-refractivity contribution in [3.05, 3.63) is 29.5 Å². The van der Waals surface area contributed by atoms with Gasteiger partial charge < -0.3 is 14.5 Å². The number of aromatic nitrogens is 1. The van der Waals surface area contributed by atoms with Crippen molar-refractivity contribution in [3.8, 4) is 5.75 Å². The summed E-state index contributed by atoms with van der Waals surface area (Å²) in [4.78, 5) is 14.9. The van der Waals surface area contributed by atoms with Gasteiger partial charge in [-0.2, -0.15) is 0 Å². The highest BCUT2D eigenvalue weighted by Crippen LogP contribution is 2.26. The summed E-state index contributed by atoms with van der Waals surface area (Å²) in [7, 11) is 1.63. The van der Waals surface area contributed by atoms with Crippen LogP contribution in [0.3, 0.4) is 0 Å². The highest BCUT2D eigenvalue weighted by atomic mass is 16.5. The van der Waals surface area contributed by atoms with Crippen LogP contribution in [0.5, 0.6) is 5.75 Å². The van der Waals surface area contributed by atoms with Gasteiger partial charge in [0.1, 0.15) is 5.75 Å². The van der Waals surface area contributed by atoms with E-state index in [9.17, 15) is 4.79 Å². The van der Waals surface area contributed by atoms with Gasteiger partial charge in [0.15, 0.2) is 0 Å². The maximum atomic E-state index is 11.6. The molecule has 1 heterocycles. The molecule has 0 fully saturated rings. The standard InChI is InChI=1S/C14H17NO3/c1-4-18-14(16)8-11-9(2)15-13-6-5-10(17-3)7-12(11)13/h5-7,15H,4,8H2,1-3H3. The molecule has 0 aliphatic rings. The lowest BCUT2D eigenvalue weighted by Gasteiger charge is -2.03. The van der Waals surface area contributed by atoms with Gasteiger partial charge in [-0.1, -0.05) is 0 Å². The normalized spacial score (nSPS) is 10.6. The SMILES string of the molecule is CCOC(=O)Cc1c(C)[nH]c2ccc(OC)cc12. The van der Waals surface area contributed by atoms with Crippen LogP contribution in [0.25, 0.3) is 10.9 Å². The third-order valence-corrected chi connectivity index (χ3v) is 2.95. The second kappa shape index (κ2) is 5.12. The van der Waals surface area contributed by atoms with E-state index in [1.54, 1.807) is 7.11 Å². The number of fused-ring (bicyclic) bond motifs is 1. The van der Waals surface area contributed by atoms with Crippen LogP contribution in [0, 0.1) is 6.92 Å². The topological polar surface area (TPSA) is 51.3 Å². The van der Waals surface area contributed by atoms with Crippen LogP contribution >= 0.6 is 0 Å². The molecule has 0 bridgehead atoms. The molecule has 2 aromatic rings. The molecule has 0 atom stereocenters. The Balaban J connectivity index is 2.41. The van der Waals surface area contributed by atoms with Crippen LogP contribution in [-0.4, -0.2) is 24.7 Å². The largest absolute Gasteiger partial charge is 0.497 e. The van der Waals surface area contributed by atoms with Crippen molar-refractivity contribution < 1.29 is 14.3 Å². The summed E-state index contributed by atoms with van der Waals surface area (Å²) in [5, 5.41) is 1.01. The van der Waals surface area contributed by atoms with Crippen molar-refractivity contribution in [3.63, 3.8) is 0 Å². The van der Waals surface area contributed by atoms with E-state index in [4.69, 9.17) is 9.47 Å². The van der Waals surface area contributed by atoms with Gasteiger partial charge in [0.25, 0.3) is 0 Å². The lowest BCUT2D eigenvalue weighted by Crippen LogP contribution is -2.07. The Morgan fingerprint density at radius 1 is 1.39 bits per heavy atom. The van der Waals surface area contributed by atoms with E-state index in [0.717, 1.165) is 27.9 Å². The van der Waals surface area contributed by atoms with E-state index >= 15 is 0 Å². The molecule has 0 spiro atoms. The third kappa shape index (κ3) is 2.32. The summed E-state index contributed by atoms with van der Waals surface area (Å²) >= 11 is 0. The Morgan fingerprint density at radius 2 is 2.17 bits per heavy atom. The summed E-state index contributed by atoms with van der Waals surface area (Å²) in [5.41, 5.74) is 2.97. The van der Waals surface area contributed by atoms with Crippen LogP contribution in [0.1, 0.15) is 18.2 Å². The average molecular weight is 247 g/mol. The number of rotatable bonds is 4. The van der Waals surface area contributed by atoms with Crippen molar-refractivity contribution in [1.82, 2.24) is 4.98 Å². The Kier molecular flexibility index (Phi) is 3.55. The van der Waals surface area contributed by atoms with Crippen molar-refractivity contribution >= 4 is 16.9 Å². The number of carbonyl (C=O) groups is 1. The van der Waals surface area contributed by atoms with Gasteiger partial charge in [-0.3, -0.25) is 4.79 Å². The molecular weight excluding hydrogens is 230 g/mol. The average Bonchev–Trinajstić information content (AvgIpc) is 2.65. The van der Waals surface area contributed by atoms with Crippen LogP contribution in [0.4, 0.5) is 0 Å². The zero-order valence-corrected chi connectivity index (χ0v) is 10.9. The van der Waals surface area contributed by atoms with E-state index in [-0.39, 0.29) is 12.4 Å². The molecule has 1 N–H and O–H groups in total. The minimum atomic E-state index is -0.204. The van der Waals surface area contributed by atoms with Gasteiger partial charge in [-0.05, 0) is 37.6 Å². The number of hydrogen-bond donors (Lipinski definition) is 1. The van der Waals surface area contributed by atoms with E-state index in [1.165, 1.54) is 0 Å². The Morgan fingerprint density at radius 3 is 2.83 bits per heavy atom. The van der Waals surface area contributed by atoms with Gasteiger partial charge >= 0.3 is 5.97 Å². The molecule has 0 amide bonds. The maximum Gasteiger partial charge on any atom is 0.310 e. The zero-order chi connectivity index (χ0) is 13.1. The Labute approximate surface area is 106 Å². The molecule has 96 valence electrons. The molecule has 18 heavy (non-hydrogen) atoms. The minimum Gasteiger partial charge on any atom is -0.497 e. The van der Waals surface area contributed by atoms with Gasteiger partial charge in [0.2, 0.25) is 0 Å². The zero-order valence-electron chi connectivity index (χ0n) is 10.9. The number of aryl methyl sites for hydroxylation is 1. The number of ether oxygens (including phenoxy) is 2. The molecule has 0 saturated heterocycles. The third-order valence-electron chi connectivity index (χ3n) is 2.95. The highest BCUT2D eigenvalue weighted by molar-refractivity contribution is 5.89. The molecule has 0 radical (unpaired) electrons. The van der Waals surface area contributed by atoms with E-state index in [1.807, 2.05) is 32.0 Å². The maximum absolute atomic E-state index is 11.6. The summed E-state index contributed by atoms with van der Waals surface area (Å²) in [5.74, 6) is 0.580. The molecule has 1 aromatic heterocycles. The predicted octanol–water partition coefficient (Wildman–Crippen LogP) is 2.59. The number of esters is 1. The number of methoxy groups -OCH3 is 1. The molecule has 1 aromatic carbocycles. The fourth-order valence-corrected chi connectivity index (χ4v) is 2.07. The minimum absolute atomic E-state index is 0.204. The van der Waals surface area contributed by atoms with Crippen molar-refractivity contribution in [1.29, 1.82) is 0 Å². The quantitative estimate of drug-likeness (QED) is 0.845. The number of hydrogen-bond acceptors (Lipinski definition) is 3. The first-order valence-electron chi connectivity index (χ1n) is 5.96. The molecule has 2 rings (SSSR count). The number of nitrogens with one attached hydrogen (secondary N) is 1. The Bertz CT molecular complexity index is 572. The molecular formula is C14H17NO3. The van der Waals surface area contributed by atoms with Gasteiger partial charge in [0.05, 0.1) is 20.1 Å². The van der Waals surface area contributed by atoms with E-state index in [0.29, 0.717) is 6.61 Å². The molecule has 0 aliphatic heterocycles. The first-order valence-corrected chi connectivity index (χ1v) is 5.96. The number of benzene rings is 1. The summed E-state index contributed by atoms with van der Waals surface area (Å²) in [6, 6.07) is 5.79. The lowest BCUT2D eigenvalue weighted by atomic mass is 10.1. The van der Waals surface area contributed by atoms with Crippen LogP contribution in [0.2, 0.25) is 0 Å². The summed E-state index contributed by atoms with van der Waals surface area (Å²) in [6.07, 6.45) is 0.285. The number of carbonyl (C=O) groups excluding carboxylic acids is 1. The smallest absolute Gasteiger partial charge is 0.310 e. The molecule has 0 unspecified atom stereocenters. The molecule has 4 nitrogen and oxygen atoms in total. The fourth-order valence-electron chi connectivity index (χ4n) is 2.07. The van der Waals surface area contributed by atoms with Crippen LogP contribution in [0.15, 0.2) is 18.2 Å². The predicted molar refractivity (Wildman–Crippen MR) is 69.9 cm³/mol. The molecule has 0 aliphatic carbocycles. The van der Waals surface area contributed by atoms with Gasteiger partial charge in [-0.15, -0.1) is 0 Å². The fraction of sp³-hybridized carbons (Fsp3) is 0.357. The first kappa shape index (κ1) is 12.5. The number of H-pyrrole nitrogens is 1. The second-order valence-electron chi connectivity index (χ2n) is 4.12. The molecule has 0 saturated carbocycles.